The van der Waals surface area contributed by atoms with Crippen molar-refractivity contribution >= 4 is 38.7 Å². The lowest BCUT2D eigenvalue weighted by Gasteiger charge is -2.05. The fourth-order valence-electron chi connectivity index (χ4n) is 1.35. The minimum atomic E-state index is -0.382. The van der Waals surface area contributed by atoms with Crippen LogP contribution >= 0.6 is 27.7 Å². The van der Waals surface area contributed by atoms with Crippen LogP contribution in [0.4, 0.5) is 4.39 Å². The monoisotopic (exact) mass is 286 g/mol. The SMILES string of the molecule is CSc1cc(C)c2ncc(F)c(Br)c2n1. The van der Waals surface area contributed by atoms with Gasteiger partial charge in [0, 0.05) is 0 Å². The Labute approximate surface area is 99.4 Å². The molecule has 0 atom stereocenters. The van der Waals surface area contributed by atoms with Gasteiger partial charge in [-0.05, 0) is 40.7 Å². The minimum Gasteiger partial charge on any atom is -0.251 e. The summed E-state index contributed by atoms with van der Waals surface area (Å²) in [5.74, 6) is -0.382. The molecule has 0 N–H and O–H groups in total. The number of hydrogen-bond donors (Lipinski definition) is 0. The average Bonchev–Trinajstić information content (AvgIpc) is 2.23. The highest BCUT2D eigenvalue weighted by atomic mass is 79.9. The summed E-state index contributed by atoms with van der Waals surface area (Å²) in [6, 6.07) is 1.95. The fourth-order valence-corrected chi connectivity index (χ4v) is 2.20. The van der Waals surface area contributed by atoms with Crippen LogP contribution in [0.15, 0.2) is 21.8 Å². The maximum Gasteiger partial charge on any atom is 0.157 e. The molecule has 2 aromatic heterocycles. The van der Waals surface area contributed by atoms with Crippen molar-refractivity contribution in [3.63, 3.8) is 0 Å². The van der Waals surface area contributed by atoms with Crippen LogP contribution in [0.5, 0.6) is 0 Å². The van der Waals surface area contributed by atoms with Crippen LogP contribution in [-0.2, 0) is 0 Å². The molecule has 2 rings (SSSR count). The summed E-state index contributed by atoms with van der Waals surface area (Å²) >= 11 is 4.72. The van der Waals surface area contributed by atoms with E-state index in [1.54, 1.807) is 0 Å². The number of pyridine rings is 2. The van der Waals surface area contributed by atoms with Crippen LogP contribution in [0.1, 0.15) is 5.56 Å². The molecule has 15 heavy (non-hydrogen) atoms. The van der Waals surface area contributed by atoms with E-state index in [9.17, 15) is 4.39 Å². The fraction of sp³-hybridized carbons (Fsp3) is 0.200. The van der Waals surface area contributed by atoms with Gasteiger partial charge in [0.1, 0.15) is 5.52 Å². The van der Waals surface area contributed by atoms with Gasteiger partial charge in [-0.1, -0.05) is 0 Å². The average molecular weight is 287 g/mol. The first-order valence-electron chi connectivity index (χ1n) is 4.29. The highest BCUT2D eigenvalue weighted by molar-refractivity contribution is 9.10. The molecule has 0 aromatic carbocycles. The first kappa shape index (κ1) is 10.8. The van der Waals surface area contributed by atoms with Crippen molar-refractivity contribution in [3.8, 4) is 0 Å². The number of nitrogens with zero attached hydrogens (tertiary/aromatic N) is 2. The van der Waals surface area contributed by atoms with Gasteiger partial charge >= 0.3 is 0 Å². The molecule has 0 aliphatic rings. The van der Waals surface area contributed by atoms with Gasteiger partial charge in [-0.25, -0.2) is 9.37 Å². The van der Waals surface area contributed by atoms with E-state index in [0.29, 0.717) is 9.99 Å². The maximum atomic E-state index is 13.3. The zero-order chi connectivity index (χ0) is 11.0. The van der Waals surface area contributed by atoms with E-state index < -0.39 is 0 Å². The number of rotatable bonds is 1. The van der Waals surface area contributed by atoms with E-state index in [4.69, 9.17) is 0 Å². The predicted octanol–water partition coefficient (Wildman–Crippen LogP) is 3.56. The van der Waals surface area contributed by atoms with Crippen molar-refractivity contribution in [1.29, 1.82) is 0 Å². The third-order valence-corrected chi connectivity index (χ3v) is 3.48. The molecule has 0 saturated heterocycles. The smallest absolute Gasteiger partial charge is 0.157 e. The summed E-state index contributed by atoms with van der Waals surface area (Å²) in [5, 5.41) is 0.869. The van der Waals surface area contributed by atoms with Gasteiger partial charge in [0.15, 0.2) is 5.82 Å². The number of thioether (sulfide) groups is 1. The Morgan fingerprint density at radius 2 is 2.13 bits per heavy atom. The highest BCUT2D eigenvalue weighted by Crippen LogP contribution is 2.27. The molecular weight excluding hydrogens is 279 g/mol. The molecule has 2 nitrogen and oxygen atoms in total. The Bertz CT molecular complexity index is 530. The normalized spacial score (nSPS) is 10.9. The largest absolute Gasteiger partial charge is 0.251 e. The molecule has 5 heteroatoms. The van der Waals surface area contributed by atoms with E-state index in [1.165, 1.54) is 18.0 Å². The zero-order valence-electron chi connectivity index (χ0n) is 8.21. The van der Waals surface area contributed by atoms with Crippen molar-refractivity contribution in [2.75, 3.05) is 6.26 Å². The van der Waals surface area contributed by atoms with Crippen molar-refractivity contribution < 1.29 is 4.39 Å². The molecule has 0 saturated carbocycles. The quantitative estimate of drug-likeness (QED) is 0.750. The predicted molar refractivity (Wildman–Crippen MR) is 63.7 cm³/mol. The Hall–Kier alpha value is -0.680. The van der Waals surface area contributed by atoms with Crippen molar-refractivity contribution in [2.45, 2.75) is 11.9 Å². The van der Waals surface area contributed by atoms with Crippen molar-refractivity contribution in [1.82, 2.24) is 9.97 Å². The summed E-state index contributed by atoms with van der Waals surface area (Å²) in [5.41, 5.74) is 2.32. The van der Waals surface area contributed by atoms with Gasteiger partial charge in [0.05, 0.1) is 21.2 Å². The van der Waals surface area contributed by atoms with Crippen LogP contribution in [-0.4, -0.2) is 16.2 Å². The molecule has 0 amide bonds. The van der Waals surface area contributed by atoms with Crippen LogP contribution in [0.25, 0.3) is 11.0 Å². The first-order chi connectivity index (χ1) is 7.13. The second-order valence-electron chi connectivity index (χ2n) is 3.10. The third kappa shape index (κ3) is 1.86. The number of aryl methyl sites for hydroxylation is 1. The Morgan fingerprint density at radius 3 is 2.80 bits per heavy atom. The van der Waals surface area contributed by atoms with Gasteiger partial charge in [-0.2, -0.15) is 0 Å². The van der Waals surface area contributed by atoms with E-state index in [1.807, 2.05) is 19.2 Å². The molecule has 0 unspecified atom stereocenters. The zero-order valence-corrected chi connectivity index (χ0v) is 10.6. The van der Waals surface area contributed by atoms with Crippen molar-refractivity contribution in [3.05, 3.63) is 28.1 Å². The maximum absolute atomic E-state index is 13.3. The van der Waals surface area contributed by atoms with E-state index in [-0.39, 0.29) is 5.82 Å². The lowest BCUT2D eigenvalue weighted by Crippen LogP contribution is -1.92. The summed E-state index contributed by atoms with van der Waals surface area (Å²) in [6.45, 7) is 1.95. The topological polar surface area (TPSA) is 25.8 Å². The summed E-state index contributed by atoms with van der Waals surface area (Å²) < 4.78 is 13.6. The van der Waals surface area contributed by atoms with Crippen LogP contribution in [0, 0.1) is 12.7 Å². The van der Waals surface area contributed by atoms with E-state index in [2.05, 4.69) is 25.9 Å². The molecule has 0 fully saturated rings. The second-order valence-corrected chi connectivity index (χ2v) is 4.72. The minimum absolute atomic E-state index is 0.381. The van der Waals surface area contributed by atoms with E-state index >= 15 is 0 Å². The first-order valence-corrected chi connectivity index (χ1v) is 6.30. The number of aromatic nitrogens is 2. The Kier molecular flexibility index (Phi) is 2.93. The molecule has 0 aliphatic carbocycles. The summed E-state index contributed by atoms with van der Waals surface area (Å²) in [4.78, 5) is 8.37. The molecular formula is C10H8BrFN2S. The second kappa shape index (κ2) is 4.06. The van der Waals surface area contributed by atoms with E-state index in [0.717, 1.165) is 16.1 Å². The lowest BCUT2D eigenvalue weighted by atomic mass is 10.2. The number of fused-ring (bicyclic) bond motifs is 1. The highest BCUT2D eigenvalue weighted by Gasteiger charge is 2.10. The van der Waals surface area contributed by atoms with Gasteiger partial charge in [0.2, 0.25) is 0 Å². The lowest BCUT2D eigenvalue weighted by molar-refractivity contribution is 0.617. The van der Waals surface area contributed by atoms with Crippen LogP contribution in [0.2, 0.25) is 0 Å². The number of hydrogen-bond acceptors (Lipinski definition) is 3. The molecule has 78 valence electrons. The Balaban J connectivity index is 2.86. The van der Waals surface area contributed by atoms with Crippen LogP contribution in [0.3, 0.4) is 0 Å². The van der Waals surface area contributed by atoms with Crippen molar-refractivity contribution in [2.24, 2.45) is 0 Å². The van der Waals surface area contributed by atoms with Gasteiger partial charge in [-0.3, -0.25) is 4.98 Å². The number of halogens is 2. The summed E-state index contributed by atoms with van der Waals surface area (Å²) in [7, 11) is 0. The van der Waals surface area contributed by atoms with Gasteiger partial charge in [0.25, 0.3) is 0 Å². The Morgan fingerprint density at radius 1 is 1.40 bits per heavy atom. The molecule has 2 aromatic rings. The third-order valence-electron chi connectivity index (χ3n) is 2.09. The van der Waals surface area contributed by atoms with Gasteiger partial charge in [-0.15, -0.1) is 11.8 Å². The van der Waals surface area contributed by atoms with Crippen LogP contribution < -0.4 is 0 Å². The summed E-state index contributed by atoms with van der Waals surface area (Å²) in [6.07, 6.45) is 3.15. The molecule has 0 spiro atoms. The molecule has 0 bridgehead atoms. The molecule has 0 radical (unpaired) electrons. The van der Waals surface area contributed by atoms with Gasteiger partial charge < -0.3 is 0 Å². The standard InChI is InChI=1S/C10H8BrFN2S/c1-5-3-7(15-2)14-10-8(11)6(12)4-13-9(5)10/h3-4H,1-2H3. The molecule has 0 aliphatic heterocycles. The molecule has 2 heterocycles.